The fraction of sp³-hybridized carbons (Fsp3) is 0.167. The van der Waals surface area contributed by atoms with E-state index in [-0.39, 0.29) is 5.91 Å². The first kappa shape index (κ1) is 7.62. The summed E-state index contributed by atoms with van der Waals surface area (Å²) in [5.74, 6) is 4.55. The number of nitrogens with two attached hydrogens (primary N) is 1. The first-order chi connectivity index (χ1) is 5.25. The minimum atomic E-state index is -0.372. The number of amides is 1. The molecule has 0 saturated heterocycles. The summed E-state index contributed by atoms with van der Waals surface area (Å²) in [6.45, 7) is 1.71. The van der Waals surface area contributed by atoms with E-state index in [4.69, 9.17) is 5.84 Å². The summed E-state index contributed by atoms with van der Waals surface area (Å²) in [5.41, 5.74) is 3.02. The second kappa shape index (κ2) is 3.07. The van der Waals surface area contributed by atoms with E-state index in [2.05, 4.69) is 9.97 Å². The second-order valence-corrected chi connectivity index (χ2v) is 2.00. The van der Waals surface area contributed by atoms with Gasteiger partial charge in [0, 0.05) is 6.20 Å². The fourth-order valence-corrected chi connectivity index (χ4v) is 0.691. The number of nitrogens with zero attached hydrogens (tertiary/aromatic N) is 2. The van der Waals surface area contributed by atoms with Crippen molar-refractivity contribution in [3.63, 3.8) is 0 Å². The molecule has 0 aliphatic heterocycles. The van der Waals surface area contributed by atoms with Gasteiger partial charge in [-0.05, 0) is 6.92 Å². The molecule has 5 nitrogen and oxygen atoms in total. The van der Waals surface area contributed by atoms with E-state index in [1.165, 1.54) is 12.5 Å². The first-order valence-electron chi connectivity index (χ1n) is 3.03. The van der Waals surface area contributed by atoms with Crippen LogP contribution in [0.15, 0.2) is 12.5 Å². The van der Waals surface area contributed by atoms with Crippen LogP contribution in [0.25, 0.3) is 0 Å². The van der Waals surface area contributed by atoms with Crippen molar-refractivity contribution in [2.75, 3.05) is 0 Å². The van der Waals surface area contributed by atoms with Crippen LogP contribution in [0.5, 0.6) is 0 Å². The maximum atomic E-state index is 10.9. The summed E-state index contributed by atoms with van der Waals surface area (Å²) in [6, 6.07) is 0. The molecule has 0 aromatic carbocycles. The molecule has 1 heterocycles. The average molecular weight is 152 g/mol. The van der Waals surface area contributed by atoms with Gasteiger partial charge < -0.3 is 0 Å². The van der Waals surface area contributed by atoms with Gasteiger partial charge in [-0.3, -0.25) is 10.2 Å². The van der Waals surface area contributed by atoms with Crippen LogP contribution < -0.4 is 11.3 Å². The van der Waals surface area contributed by atoms with Crippen molar-refractivity contribution in [2.24, 2.45) is 5.84 Å². The molecular weight excluding hydrogens is 144 g/mol. The Morgan fingerprint density at radius 1 is 1.73 bits per heavy atom. The quantitative estimate of drug-likeness (QED) is 0.319. The van der Waals surface area contributed by atoms with Crippen LogP contribution in [-0.2, 0) is 0 Å². The van der Waals surface area contributed by atoms with Crippen molar-refractivity contribution >= 4 is 5.91 Å². The van der Waals surface area contributed by atoms with Gasteiger partial charge in [0.2, 0.25) is 0 Å². The molecule has 1 rings (SSSR count). The normalized spacial score (nSPS) is 9.27. The van der Waals surface area contributed by atoms with Gasteiger partial charge in [0.05, 0.1) is 11.3 Å². The summed E-state index contributed by atoms with van der Waals surface area (Å²) < 4.78 is 0. The number of nitrogens with one attached hydrogen (secondary N) is 1. The SMILES string of the molecule is Cc1ncncc1C(=O)NN. The molecule has 0 saturated carbocycles. The first-order valence-corrected chi connectivity index (χ1v) is 3.03. The Kier molecular flexibility index (Phi) is 2.12. The van der Waals surface area contributed by atoms with Crippen LogP contribution in [0, 0.1) is 6.92 Å². The molecule has 11 heavy (non-hydrogen) atoms. The predicted molar refractivity (Wildman–Crippen MR) is 38.4 cm³/mol. The molecule has 0 spiro atoms. The molecule has 0 atom stereocenters. The second-order valence-electron chi connectivity index (χ2n) is 2.00. The van der Waals surface area contributed by atoms with E-state index in [1.807, 2.05) is 5.43 Å². The van der Waals surface area contributed by atoms with Gasteiger partial charge >= 0.3 is 0 Å². The third-order valence-electron chi connectivity index (χ3n) is 1.29. The summed E-state index contributed by atoms with van der Waals surface area (Å²) in [6.07, 6.45) is 2.80. The van der Waals surface area contributed by atoms with Gasteiger partial charge in [0.15, 0.2) is 0 Å². The summed E-state index contributed by atoms with van der Waals surface area (Å²) in [4.78, 5) is 18.4. The maximum absolute atomic E-state index is 10.9. The highest BCUT2D eigenvalue weighted by Gasteiger charge is 2.06. The Bertz CT molecular complexity index is 273. The number of carbonyl (C=O) groups excluding carboxylic acids is 1. The molecule has 1 aromatic heterocycles. The van der Waals surface area contributed by atoms with Crippen molar-refractivity contribution in [1.29, 1.82) is 0 Å². The fourth-order valence-electron chi connectivity index (χ4n) is 0.691. The molecule has 1 aromatic rings. The van der Waals surface area contributed by atoms with Gasteiger partial charge in [-0.1, -0.05) is 0 Å². The lowest BCUT2D eigenvalue weighted by Crippen LogP contribution is -2.30. The van der Waals surface area contributed by atoms with Crippen LogP contribution in [0.3, 0.4) is 0 Å². The number of hydrogen-bond donors (Lipinski definition) is 2. The predicted octanol–water partition coefficient (Wildman–Crippen LogP) is -0.611. The number of aryl methyl sites for hydroxylation is 1. The Balaban J connectivity index is 3.03. The molecule has 0 aliphatic carbocycles. The number of nitrogen functional groups attached to an aromatic ring is 1. The lowest BCUT2D eigenvalue weighted by Gasteiger charge is -1.99. The lowest BCUT2D eigenvalue weighted by atomic mass is 10.2. The minimum Gasteiger partial charge on any atom is -0.290 e. The van der Waals surface area contributed by atoms with Crippen LogP contribution in [0.4, 0.5) is 0 Å². The largest absolute Gasteiger partial charge is 0.290 e. The van der Waals surface area contributed by atoms with E-state index in [0.717, 1.165) is 0 Å². The molecule has 0 radical (unpaired) electrons. The number of aromatic nitrogens is 2. The zero-order valence-electron chi connectivity index (χ0n) is 6.03. The van der Waals surface area contributed by atoms with Gasteiger partial charge in [-0.2, -0.15) is 0 Å². The van der Waals surface area contributed by atoms with Crippen LogP contribution >= 0.6 is 0 Å². The third-order valence-corrected chi connectivity index (χ3v) is 1.29. The summed E-state index contributed by atoms with van der Waals surface area (Å²) >= 11 is 0. The molecule has 1 amide bonds. The Morgan fingerprint density at radius 3 is 3.00 bits per heavy atom. The van der Waals surface area contributed by atoms with Gasteiger partial charge in [-0.25, -0.2) is 15.8 Å². The van der Waals surface area contributed by atoms with Crippen LogP contribution in [0.1, 0.15) is 16.1 Å². The molecule has 0 aliphatic rings. The monoisotopic (exact) mass is 152 g/mol. The standard InChI is InChI=1S/C6H8N4O/c1-4-5(6(11)10-7)2-8-3-9-4/h2-3H,7H2,1H3,(H,10,11). The smallest absolute Gasteiger partial charge is 0.268 e. The maximum Gasteiger partial charge on any atom is 0.268 e. The highest BCUT2D eigenvalue weighted by Crippen LogP contribution is 1.99. The highest BCUT2D eigenvalue weighted by molar-refractivity contribution is 5.94. The Labute approximate surface area is 63.6 Å². The van der Waals surface area contributed by atoms with Crippen molar-refractivity contribution in [3.8, 4) is 0 Å². The van der Waals surface area contributed by atoms with Crippen molar-refractivity contribution < 1.29 is 4.79 Å². The number of rotatable bonds is 1. The zero-order valence-corrected chi connectivity index (χ0v) is 6.03. The highest BCUT2D eigenvalue weighted by atomic mass is 16.2. The molecular formula is C6H8N4O. The minimum absolute atomic E-state index is 0.372. The number of hydrazine groups is 1. The van der Waals surface area contributed by atoms with Crippen molar-refractivity contribution in [1.82, 2.24) is 15.4 Å². The van der Waals surface area contributed by atoms with E-state index in [0.29, 0.717) is 11.3 Å². The van der Waals surface area contributed by atoms with Gasteiger partial charge in [-0.15, -0.1) is 0 Å². The number of hydrogen-bond acceptors (Lipinski definition) is 4. The molecule has 58 valence electrons. The molecule has 3 N–H and O–H groups in total. The Morgan fingerprint density at radius 2 is 2.45 bits per heavy atom. The van der Waals surface area contributed by atoms with E-state index in [1.54, 1.807) is 6.92 Å². The Hall–Kier alpha value is -1.49. The van der Waals surface area contributed by atoms with E-state index < -0.39 is 0 Å². The average Bonchev–Trinajstić information content (AvgIpc) is 2.04. The van der Waals surface area contributed by atoms with Gasteiger partial charge in [0.1, 0.15) is 6.33 Å². The third kappa shape index (κ3) is 1.50. The van der Waals surface area contributed by atoms with E-state index >= 15 is 0 Å². The van der Waals surface area contributed by atoms with Crippen molar-refractivity contribution in [2.45, 2.75) is 6.92 Å². The summed E-state index contributed by atoms with van der Waals surface area (Å²) in [7, 11) is 0. The van der Waals surface area contributed by atoms with Crippen LogP contribution in [-0.4, -0.2) is 15.9 Å². The molecule has 0 bridgehead atoms. The topological polar surface area (TPSA) is 80.9 Å². The van der Waals surface area contributed by atoms with Crippen molar-refractivity contribution in [3.05, 3.63) is 23.8 Å². The molecule has 0 unspecified atom stereocenters. The molecule has 0 fully saturated rings. The zero-order chi connectivity index (χ0) is 8.27. The van der Waals surface area contributed by atoms with E-state index in [9.17, 15) is 4.79 Å². The van der Waals surface area contributed by atoms with Crippen LogP contribution in [0.2, 0.25) is 0 Å². The van der Waals surface area contributed by atoms with Gasteiger partial charge in [0.25, 0.3) is 5.91 Å². The lowest BCUT2D eigenvalue weighted by molar-refractivity contribution is 0.0952. The number of carbonyl (C=O) groups is 1. The molecule has 5 heteroatoms. The summed E-state index contributed by atoms with van der Waals surface area (Å²) in [5, 5.41) is 0.